The fraction of sp³-hybridized carbons (Fsp3) is 0.467. The number of hydrogen-bond donors (Lipinski definition) is 2. The molecule has 1 fully saturated rings. The van der Waals surface area contributed by atoms with Crippen molar-refractivity contribution in [1.82, 2.24) is 0 Å². The molecule has 2 N–H and O–H groups in total. The lowest BCUT2D eigenvalue weighted by Crippen LogP contribution is -2.42. The predicted octanol–water partition coefficient (Wildman–Crippen LogP) is 4.05. The van der Waals surface area contributed by atoms with E-state index in [1.165, 1.54) is 12.1 Å². The molecule has 0 unspecified atom stereocenters. The maximum absolute atomic E-state index is 14.3. The van der Waals surface area contributed by atoms with Gasteiger partial charge in [-0.3, -0.25) is 4.79 Å². The number of nitrogens with zero attached hydrogens (tertiary/aromatic N) is 1. The lowest BCUT2D eigenvalue weighted by molar-refractivity contribution is -0.138. The van der Waals surface area contributed by atoms with Crippen molar-refractivity contribution >= 4 is 27.6 Å². The number of benzene rings is 1. The topological polar surface area (TPSA) is 73.1 Å². The number of nitrogens with one attached hydrogen (secondary N) is 1. The first-order valence-corrected chi connectivity index (χ1v) is 7.65. The van der Waals surface area contributed by atoms with E-state index in [9.17, 15) is 9.18 Å². The molecule has 0 saturated heterocycles. The van der Waals surface area contributed by atoms with Gasteiger partial charge in [-0.05, 0) is 40.9 Å². The number of rotatable bonds is 4. The number of hydrogen-bond acceptors (Lipinski definition) is 3. The van der Waals surface area contributed by atoms with Crippen LogP contribution in [0.1, 0.15) is 44.1 Å². The molecule has 0 amide bonds. The molecule has 0 atom stereocenters. The second-order valence-electron chi connectivity index (χ2n) is 5.44. The minimum absolute atomic E-state index is 0.0376. The van der Waals surface area contributed by atoms with E-state index in [0.717, 1.165) is 19.3 Å². The molecule has 0 aromatic heterocycles. The number of halogens is 2. The number of carboxylic acid groups (broad SMARTS) is 1. The Hall–Kier alpha value is -1.61. The van der Waals surface area contributed by atoms with Crippen LogP contribution in [-0.4, -0.2) is 16.6 Å². The first kappa shape index (κ1) is 15.8. The van der Waals surface area contributed by atoms with Gasteiger partial charge in [0.25, 0.3) is 0 Å². The molecule has 1 aromatic rings. The van der Waals surface area contributed by atoms with Crippen molar-refractivity contribution in [3.05, 3.63) is 28.0 Å². The Bertz CT molecular complexity index is 592. The van der Waals surface area contributed by atoms with Gasteiger partial charge in [0.05, 0.1) is 22.1 Å². The second kappa shape index (κ2) is 6.44. The number of anilines is 1. The van der Waals surface area contributed by atoms with Crippen LogP contribution in [0.4, 0.5) is 10.1 Å². The summed E-state index contributed by atoms with van der Waals surface area (Å²) in [6.45, 7) is 0. The zero-order chi connectivity index (χ0) is 15.5. The Balaban J connectivity index is 2.31. The molecule has 4 nitrogen and oxygen atoms in total. The first-order valence-electron chi connectivity index (χ1n) is 6.85. The van der Waals surface area contributed by atoms with Crippen LogP contribution >= 0.6 is 15.9 Å². The van der Waals surface area contributed by atoms with Crippen molar-refractivity contribution in [3.8, 4) is 6.07 Å². The maximum atomic E-state index is 14.3. The van der Waals surface area contributed by atoms with Crippen molar-refractivity contribution in [1.29, 1.82) is 5.26 Å². The summed E-state index contributed by atoms with van der Waals surface area (Å²) in [5.41, 5.74) is -0.156. The zero-order valence-corrected chi connectivity index (χ0v) is 13.0. The molecule has 112 valence electrons. The lowest BCUT2D eigenvalue weighted by Gasteiger charge is -2.38. The normalized spacial score (nSPS) is 17.0. The highest BCUT2D eigenvalue weighted by atomic mass is 79.9. The third kappa shape index (κ3) is 3.53. The molecule has 2 rings (SSSR count). The molecule has 1 saturated carbocycles. The monoisotopic (exact) mass is 354 g/mol. The molecule has 0 aliphatic heterocycles. The fourth-order valence-corrected chi connectivity index (χ4v) is 3.32. The van der Waals surface area contributed by atoms with Crippen LogP contribution in [-0.2, 0) is 4.79 Å². The standard InChI is InChI=1S/C15H16BrFN2O2/c16-13-10(9-18)4-5-11(14(13)17)19-15(8-12(20)21)6-2-1-3-7-15/h4-5,19H,1-3,6-8H2,(H,20,21). The van der Waals surface area contributed by atoms with Gasteiger partial charge >= 0.3 is 5.97 Å². The summed E-state index contributed by atoms with van der Waals surface area (Å²) in [6, 6.07) is 4.92. The molecule has 6 heteroatoms. The molecule has 0 bridgehead atoms. The molecule has 1 aromatic carbocycles. The highest BCUT2D eigenvalue weighted by molar-refractivity contribution is 9.10. The highest BCUT2D eigenvalue weighted by Gasteiger charge is 2.35. The smallest absolute Gasteiger partial charge is 0.305 e. The summed E-state index contributed by atoms with van der Waals surface area (Å²) in [6.07, 6.45) is 4.30. The summed E-state index contributed by atoms with van der Waals surface area (Å²) < 4.78 is 14.4. The third-order valence-corrected chi connectivity index (χ3v) is 4.68. The minimum Gasteiger partial charge on any atom is -0.481 e. The summed E-state index contributed by atoms with van der Waals surface area (Å²) in [4.78, 5) is 11.1. The number of carbonyl (C=O) groups is 1. The van der Waals surface area contributed by atoms with Crippen molar-refractivity contribution in [2.75, 3.05) is 5.32 Å². The van der Waals surface area contributed by atoms with Gasteiger partial charge in [0.15, 0.2) is 5.82 Å². The Labute approximate surface area is 131 Å². The molecular formula is C15H16BrFN2O2. The second-order valence-corrected chi connectivity index (χ2v) is 6.23. The van der Waals surface area contributed by atoms with Gasteiger partial charge in [0, 0.05) is 5.54 Å². The predicted molar refractivity (Wildman–Crippen MR) is 80.5 cm³/mol. The van der Waals surface area contributed by atoms with E-state index < -0.39 is 17.3 Å². The lowest BCUT2D eigenvalue weighted by atomic mass is 9.79. The van der Waals surface area contributed by atoms with E-state index in [-0.39, 0.29) is 22.1 Å². The minimum atomic E-state index is -0.891. The molecule has 0 radical (unpaired) electrons. The number of aliphatic carboxylic acids is 1. The summed E-state index contributed by atoms with van der Waals surface area (Å²) in [7, 11) is 0. The van der Waals surface area contributed by atoms with Crippen LogP contribution in [0.25, 0.3) is 0 Å². The van der Waals surface area contributed by atoms with Gasteiger partial charge in [-0.1, -0.05) is 19.3 Å². The SMILES string of the molecule is N#Cc1ccc(NC2(CC(=O)O)CCCCC2)c(F)c1Br. The Morgan fingerprint density at radius 2 is 2.10 bits per heavy atom. The largest absolute Gasteiger partial charge is 0.481 e. The van der Waals surface area contributed by atoms with Gasteiger partial charge in [-0.25, -0.2) is 4.39 Å². The Morgan fingerprint density at radius 1 is 1.43 bits per heavy atom. The number of nitriles is 1. The van der Waals surface area contributed by atoms with E-state index in [4.69, 9.17) is 10.4 Å². The number of carboxylic acids is 1. The van der Waals surface area contributed by atoms with Gasteiger partial charge in [-0.15, -0.1) is 0 Å². The van der Waals surface area contributed by atoms with E-state index in [0.29, 0.717) is 12.8 Å². The summed E-state index contributed by atoms with van der Waals surface area (Å²) in [5.74, 6) is -1.44. The van der Waals surface area contributed by atoms with Crippen molar-refractivity contribution < 1.29 is 14.3 Å². The molecule has 0 spiro atoms. The molecule has 1 aliphatic rings. The van der Waals surface area contributed by atoms with Gasteiger partial charge in [0.1, 0.15) is 6.07 Å². The van der Waals surface area contributed by atoms with E-state index >= 15 is 0 Å². The van der Waals surface area contributed by atoms with Crippen LogP contribution in [0.2, 0.25) is 0 Å². The molecule has 1 aliphatic carbocycles. The molecular weight excluding hydrogens is 339 g/mol. The van der Waals surface area contributed by atoms with E-state index in [1.54, 1.807) is 0 Å². The van der Waals surface area contributed by atoms with Crippen molar-refractivity contribution in [2.45, 2.75) is 44.1 Å². The van der Waals surface area contributed by atoms with Gasteiger partial charge in [-0.2, -0.15) is 5.26 Å². The van der Waals surface area contributed by atoms with Crippen LogP contribution in [0.15, 0.2) is 16.6 Å². The van der Waals surface area contributed by atoms with Crippen LogP contribution in [0, 0.1) is 17.1 Å². The van der Waals surface area contributed by atoms with E-state index in [2.05, 4.69) is 21.2 Å². The molecule has 0 heterocycles. The van der Waals surface area contributed by atoms with Crippen LogP contribution in [0.5, 0.6) is 0 Å². The highest BCUT2D eigenvalue weighted by Crippen LogP contribution is 2.36. The summed E-state index contributed by atoms with van der Waals surface area (Å²) in [5, 5.41) is 21.1. The van der Waals surface area contributed by atoms with Crippen molar-refractivity contribution in [3.63, 3.8) is 0 Å². The van der Waals surface area contributed by atoms with Crippen molar-refractivity contribution in [2.24, 2.45) is 0 Å². The average Bonchev–Trinajstić information content (AvgIpc) is 2.44. The third-order valence-electron chi connectivity index (χ3n) is 3.90. The fourth-order valence-electron chi connectivity index (χ4n) is 2.88. The van der Waals surface area contributed by atoms with Crippen LogP contribution in [0.3, 0.4) is 0 Å². The van der Waals surface area contributed by atoms with E-state index in [1.807, 2.05) is 6.07 Å². The van der Waals surface area contributed by atoms with Gasteiger partial charge < -0.3 is 10.4 Å². The maximum Gasteiger partial charge on any atom is 0.305 e. The first-order chi connectivity index (χ1) is 9.97. The van der Waals surface area contributed by atoms with Gasteiger partial charge in [0.2, 0.25) is 0 Å². The average molecular weight is 355 g/mol. The zero-order valence-electron chi connectivity index (χ0n) is 11.5. The van der Waals surface area contributed by atoms with Crippen LogP contribution < -0.4 is 5.32 Å². The Morgan fingerprint density at radius 3 is 2.67 bits per heavy atom. The summed E-state index contributed by atoms with van der Waals surface area (Å²) >= 11 is 3.07. The Kier molecular flexibility index (Phi) is 4.84. The quantitative estimate of drug-likeness (QED) is 0.855. The molecule has 21 heavy (non-hydrogen) atoms.